The van der Waals surface area contributed by atoms with Crippen molar-refractivity contribution in [3.63, 3.8) is 0 Å². The molecule has 0 unspecified atom stereocenters. The first-order valence-corrected chi connectivity index (χ1v) is 5.20. The molecule has 1 heterocycles. The van der Waals surface area contributed by atoms with Crippen molar-refractivity contribution in [2.24, 2.45) is 0 Å². The fourth-order valence-electron chi connectivity index (χ4n) is 1.92. The smallest absolute Gasteiger partial charge is 0.285 e. The minimum atomic E-state index is -5.17. The maximum absolute atomic E-state index is 13.0. The largest absolute Gasteiger partial charge is 0.417 e. The van der Waals surface area contributed by atoms with Gasteiger partial charge < -0.3 is 0 Å². The van der Waals surface area contributed by atoms with Gasteiger partial charge in [-0.3, -0.25) is 11.6 Å². The molecular formula is C11H8F6N3+. The van der Waals surface area contributed by atoms with Crippen LogP contribution in [0.3, 0.4) is 0 Å². The average molecular weight is 296 g/mol. The van der Waals surface area contributed by atoms with Crippen LogP contribution in [0, 0.1) is 0 Å². The van der Waals surface area contributed by atoms with Crippen molar-refractivity contribution < 1.29 is 31.0 Å². The van der Waals surface area contributed by atoms with E-state index < -0.39 is 28.9 Å². The molecule has 0 amide bonds. The number of benzene rings is 1. The number of pyridine rings is 1. The highest BCUT2D eigenvalue weighted by Gasteiger charge is 2.44. The van der Waals surface area contributed by atoms with Gasteiger partial charge in [-0.15, -0.1) is 4.68 Å². The lowest BCUT2D eigenvalue weighted by Gasteiger charge is -2.17. The predicted octanol–water partition coefficient (Wildman–Crippen LogP) is 2.46. The molecule has 4 N–H and O–H groups in total. The molecule has 0 fully saturated rings. The Bertz CT molecular complexity index is 674. The second kappa shape index (κ2) is 4.15. The van der Waals surface area contributed by atoms with Crippen LogP contribution in [-0.4, -0.2) is 0 Å². The molecule has 0 radical (unpaired) electrons. The van der Waals surface area contributed by atoms with Gasteiger partial charge in [0.15, 0.2) is 5.52 Å². The number of halogens is 6. The van der Waals surface area contributed by atoms with Gasteiger partial charge in [0.25, 0.3) is 5.82 Å². The lowest BCUT2D eigenvalue weighted by molar-refractivity contribution is -0.596. The molecule has 2 rings (SSSR count). The molecule has 0 aliphatic heterocycles. The standard InChI is InChI=1S/C11H7F6N3/c12-10(13,14)6-2-3-7-5(9(6)11(15,16)17)1-4-8(18)20(7)19/h1-4,18H,19H2/p+1. The number of nitrogens with two attached hydrogens (primary N) is 2. The fourth-order valence-corrected chi connectivity index (χ4v) is 1.92. The number of nitrogens with zero attached hydrogens (tertiary/aromatic N) is 1. The molecule has 9 heteroatoms. The molecule has 1 aromatic heterocycles. The van der Waals surface area contributed by atoms with Crippen molar-refractivity contribution in [1.82, 2.24) is 0 Å². The minimum absolute atomic E-state index is 0.0783. The topological polar surface area (TPSA) is 55.9 Å². The van der Waals surface area contributed by atoms with Crippen LogP contribution in [-0.2, 0) is 12.4 Å². The molecule has 0 aliphatic rings. The van der Waals surface area contributed by atoms with Gasteiger partial charge >= 0.3 is 12.4 Å². The van der Waals surface area contributed by atoms with Crippen molar-refractivity contribution >= 4 is 16.7 Å². The molecule has 1 aromatic carbocycles. The van der Waals surface area contributed by atoms with Crippen molar-refractivity contribution in [2.75, 3.05) is 11.6 Å². The van der Waals surface area contributed by atoms with Gasteiger partial charge in [0.05, 0.1) is 11.1 Å². The van der Waals surface area contributed by atoms with Gasteiger partial charge in [-0.25, -0.2) is 0 Å². The quantitative estimate of drug-likeness (QED) is 0.446. The number of anilines is 1. The molecule has 0 bridgehead atoms. The van der Waals surface area contributed by atoms with Crippen LogP contribution in [0.2, 0.25) is 0 Å². The number of rotatable bonds is 0. The van der Waals surface area contributed by atoms with Crippen molar-refractivity contribution in [1.29, 1.82) is 0 Å². The van der Waals surface area contributed by atoms with Crippen LogP contribution in [0.25, 0.3) is 10.9 Å². The van der Waals surface area contributed by atoms with Gasteiger partial charge in [0.2, 0.25) is 0 Å². The number of hydrogen-bond acceptors (Lipinski definition) is 2. The highest BCUT2D eigenvalue weighted by atomic mass is 19.4. The van der Waals surface area contributed by atoms with E-state index in [9.17, 15) is 26.3 Å². The Morgan fingerprint density at radius 3 is 1.95 bits per heavy atom. The lowest BCUT2D eigenvalue weighted by atomic mass is 10.0. The maximum Gasteiger partial charge on any atom is 0.417 e. The van der Waals surface area contributed by atoms with Crippen LogP contribution in [0.1, 0.15) is 11.1 Å². The Morgan fingerprint density at radius 1 is 0.850 bits per heavy atom. The van der Waals surface area contributed by atoms with E-state index in [1.165, 1.54) is 0 Å². The third-order valence-corrected chi connectivity index (χ3v) is 2.77. The normalized spacial score (nSPS) is 12.9. The van der Waals surface area contributed by atoms with E-state index in [0.29, 0.717) is 10.7 Å². The van der Waals surface area contributed by atoms with E-state index in [-0.39, 0.29) is 11.3 Å². The Balaban J connectivity index is 2.97. The van der Waals surface area contributed by atoms with Crippen molar-refractivity contribution in [2.45, 2.75) is 12.4 Å². The van der Waals surface area contributed by atoms with Crippen LogP contribution in [0.15, 0.2) is 24.3 Å². The molecule has 20 heavy (non-hydrogen) atoms. The lowest BCUT2D eigenvalue weighted by Crippen LogP contribution is -2.47. The Hall–Kier alpha value is -2.19. The van der Waals surface area contributed by atoms with Crippen molar-refractivity contribution in [3.8, 4) is 0 Å². The Labute approximate surface area is 108 Å². The fraction of sp³-hybridized carbons (Fsp3) is 0.182. The summed E-state index contributed by atoms with van der Waals surface area (Å²) in [6, 6.07) is 3.07. The monoisotopic (exact) mass is 296 g/mol. The first kappa shape index (κ1) is 14.2. The minimum Gasteiger partial charge on any atom is -0.285 e. The molecule has 0 saturated carbocycles. The number of nitrogen functional groups attached to an aromatic ring is 2. The van der Waals surface area contributed by atoms with Gasteiger partial charge in [-0.2, -0.15) is 26.3 Å². The summed E-state index contributed by atoms with van der Waals surface area (Å²) in [6.45, 7) is 0. The van der Waals surface area contributed by atoms with Gasteiger partial charge in [-0.05, 0) is 18.2 Å². The molecular weight excluding hydrogens is 288 g/mol. The van der Waals surface area contributed by atoms with Crippen molar-refractivity contribution in [3.05, 3.63) is 35.4 Å². The third kappa shape index (κ3) is 2.19. The summed E-state index contributed by atoms with van der Waals surface area (Å²) in [4.78, 5) is 0. The van der Waals surface area contributed by atoms with Crippen LogP contribution in [0.5, 0.6) is 0 Å². The molecule has 0 aliphatic carbocycles. The summed E-state index contributed by atoms with van der Waals surface area (Å²) in [5.41, 5.74) is 1.62. The zero-order chi connectivity index (χ0) is 15.3. The second-order valence-corrected chi connectivity index (χ2v) is 4.04. The van der Waals surface area contributed by atoms with E-state index in [4.69, 9.17) is 11.6 Å². The average Bonchev–Trinajstić information content (AvgIpc) is 2.30. The number of aromatic nitrogens is 1. The van der Waals surface area contributed by atoms with Gasteiger partial charge in [0.1, 0.15) is 0 Å². The van der Waals surface area contributed by atoms with Crippen LogP contribution >= 0.6 is 0 Å². The third-order valence-electron chi connectivity index (χ3n) is 2.77. The molecule has 2 aromatic rings. The summed E-state index contributed by atoms with van der Waals surface area (Å²) >= 11 is 0. The summed E-state index contributed by atoms with van der Waals surface area (Å²) in [5.74, 6) is 5.35. The highest BCUT2D eigenvalue weighted by Crippen LogP contribution is 2.43. The second-order valence-electron chi connectivity index (χ2n) is 4.04. The van der Waals surface area contributed by atoms with E-state index >= 15 is 0 Å². The molecule has 108 valence electrons. The van der Waals surface area contributed by atoms with E-state index in [1.807, 2.05) is 0 Å². The molecule has 0 atom stereocenters. The number of fused-ring (bicyclic) bond motifs is 1. The summed E-state index contributed by atoms with van der Waals surface area (Å²) in [7, 11) is 0. The zero-order valence-corrected chi connectivity index (χ0v) is 9.68. The number of alkyl halides is 6. The zero-order valence-electron chi connectivity index (χ0n) is 9.68. The summed E-state index contributed by atoms with van der Waals surface area (Å²) in [5, 5.41) is -0.663. The molecule has 3 nitrogen and oxygen atoms in total. The van der Waals surface area contributed by atoms with E-state index in [1.54, 1.807) is 0 Å². The molecule has 0 spiro atoms. The van der Waals surface area contributed by atoms with Gasteiger partial charge in [0, 0.05) is 11.5 Å². The maximum atomic E-state index is 13.0. The first-order valence-electron chi connectivity index (χ1n) is 5.20. The summed E-state index contributed by atoms with van der Waals surface area (Å²) in [6.07, 6.45) is -10.3. The molecule has 0 saturated heterocycles. The summed E-state index contributed by atoms with van der Waals surface area (Å²) < 4.78 is 77.7. The first-order chi connectivity index (χ1) is 9.03. The van der Waals surface area contributed by atoms with E-state index in [2.05, 4.69) is 0 Å². The van der Waals surface area contributed by atoms with Gasteiger partial charge in [-0.1, -0.05) is 0 Å². The Morgan fingerprint density at radius 2 is 1.45 bits per heavy atom. The SMILES string of the molecule is Nc1ccc2c(C(F)(F)F)c(C(F)(F)F)ccc2[n+]1N. The Kier molecular flexibility index (Phi) is 2.95. The van der Waals surface area contributed by atoms with Crippen LogP contribution < -0.4 is 16.3 Å². The highest BCUT2D eigenvalue weighted by molar-refractivity contribution is 5.82. The van der Waals surface area contributed by atoms with E-state index in [0.717, 1.165) is 18.2 Å². The predicted molar refractivity (Wildman–Crippen MR) is 58.7 cm³/mol. The number of hydrogen-bond donors (Lipinski definition) is 2. The van der Waals surface area contributed by atoms with Crippen LogP contribution in [0.4, 0.5) is 32.2 Å².